The summed E-state index contributed by atoms with van der Waals surface area (Å²) in [6.45, 7) is 7.94. The molecule has 4 aromatic rings. The van der Waals surface area contributed by atoms with Gasteiger partial charge in [-0.05, 0) is 57.0 Å². The number of aromatic nitrogens is 2. The van der Waals surface area contributed by atoms with Gasteiger partial charge in [-0.1, -0.05) is 47.7 Å². The summed E-state index contributed by atoms with van der Waals surface area (Å²) in [4.78, 5) is 32.8. The van der Waals surface area contributed by atoms with E-state index in [2.05, 4.69) is 0 Å². The van der Waals surface area contributed by atoms with E-state index < -0.39 is 0 Å². The lowest BCUT2D eigenvalue weighted by Crippen LogP contribution is -2.21. The van der Waals surface area contributed by atoms with Crippen molar-refractivity contribution in [2.75, 3.05) is 5.75 Å². The Hall–Kier alpha value is -2.70. The van der Waals surface area contributed by atoms with Crippen LogP contribution in [0.4, 0.5) is 0 Å². The topological polar surface area (TPSA) is 52.0 Å². The third kappa shape index (κ3) is 3.85. The molecule has 0 bridgehead atoms. The molecule has 2 aromatic heterocycles. The number of thiophene rings is 1. The molecule has 4 nitrogen and oxygen atoms in total. The number of hydrogen-bond donors (Lipinski definition) is 0. The first kappa shape index (κ1) is 20.6. The number of hydrogen-bond acceptors (Lipinski definition) is 5. The van der Waals surface area contributed by atoms with Crippen LogP contribution in [0.2, 0.25) is 0 Å². The van der Waals surface area contributed by atoms with Crippen molar-refractivity contribution in [2.24, 2.45) is 0 Å². The van der Waals surface area contributed by atoms with Crippen molar-refractivity contribution in [2.45, 2.75) is 32.9 Å². The first-order valence-electron chi connectivity index (χ1n) is 9.67. The van der Waals surface area contributed by atoms with Gasteiger partial charge in [0.15, 0.2) is 10.9 Å². The largest absolute Gasteiger partial charge is 0.293 e. The van der Waals surface area contributed by atoms with Crippen molar-refractivity contribution >= 4 is 39.1 Å². The number of benzene rings is 2. The van der Waals surface area contributed by atoms with E-state index in [9.17, 15) is 9.59 Å². The average Bonchev–Trinajstić information content (AvgIpc) is 3.07. The fraction of sp³-hybridized carbons (Fsp3) is 0.208. The highest BCUT2D eigenvalue weighted by atomic mass is 32.2. The molecule has 0 fully saturated rings. The molecule has 0 atom stereocenters. The summed E-state index contributed by atoms with van der Waals surface area (Å²) < 4.78 is 1.61. The van der Waals surface area contributed by atoms with Gasteiger partial charge < -0.3 is 0 Å². The van der Waals surface area contributed by atoms with Crippen LogP contribution in [0.3, 0.4) is 0 Å². The van der Waals surface area contributed by atoms with Crippen molar-refractivity contribution in [3.63, 3.8) is 0 Å². The minimum atomic E-state index is -0.104. The van der Waals surface area contributed by atoms with E-state index in [0.717, 1.165) is 32.8 Å². The first-order chi connectivity index (χ1) is 14.3. The number of aryl methyl sites for hydroxylation is 4. The molecule has 0 spiro atoms. The average molecular weight is 435 g/mol. The Kier molecular flexibility index (Phi) is 5.62. The van der Waals surface area contributed by atoms with Crippen molar-refractivity contribution in [3.8, 4) is 5.69 Å². The monoisotopic (exact) mass is 434 g/mol. The third-order valence-electron chi connectivity index (χ3n) is 4.96. The molecule has 0 N–H and O–H groups in total. The van der Waals surface area contributed by atoms with Gasteiger partial charge in [0, 0.05) is 10.4 Å². The number of fused-ring (bicyclic) bond motifs is 1. The number of ketones is 1. The van der Waals surface area contributed by atoms with E-state index in [4.69, 9.17) is 4.98 Å². The van der Waals surface area contributed by atoms with Crippen LogP contribution in [0.15, 0.2) is 58.5 Å². The van der Waals surface area contributed by atoms with Crippen molar-refractivity contribution < 1.29 is 4.79 Å². The van der Waals surface area contributed by atoms with E-state index >= 15 is 0 Å². The second kappa shape index (κ2) is 8.20. The summed E-state index contributed by atoms with van der Waals surface area (Å²) in [5.41, 5.74) is 4.51. The van der Waals surface area contributed by atoms with Crippen LogP contribution in [0.1, 0.15) is 31.9 Å². The summed E-state index contributed by atoms with van der Waals surface area (Å²) >= 11 is 2.81. The Labute approximate surface area is 183 Å². The van der Waals surface area contributed by atoms with Crippen LogP contribution in [-0.4, -0.2) is 21.1 Å². The van der Waals surface area contributed by atoms with Gasteiger partial charge in [-0.3, -0.25) is 14.2 Å². The minimum Gasteiger partial charge on any atom is -0.293 e. The van der Waals surface area contributed by atoms with Crippen molar-refractivity contribution in [1.29, 1.82) is 0 Å². The molecule has 0 aliphatic rings. The SMILES string of the molecule is Cc1cc(C)c(C(=O)CSc2nc3sc(C)cc3c(=O)n2-c2ccccc2)c(C)c1. The molecule has 0 aliphatic heterocycles. The highest BCUT2D eigenvalue weighted by molar-refractivity contribution is 7.99. The highest BCUT2D eigenvalue weighted by Crippen LogP contribution is 2.27. The molecule has 0 aliphatic carbocycles. The van der Waals surface area contributed by atoms with E-state index in [1.807, 2.05) is 76.2 Å². The van der Waals surface area contributed by atoms with E-state index in [1.54, 1.807) is 4.57 Å². The quantitative estimate of drug-likeness (QED) is 0.231. The predicted octanol–water partition coefficient (Wildman–Crippen LogP) is 5.66. The molecule has 6 heteroatoms. The molecule has 0 unspecified atom stereocenters. The lowest BCUT2D eigenvalue weighted by Gasteiger charge is -2.13. The normalized spacial score (nSPS) is 11.2. The maximum absolute atomic E-state index is 13.3. The Balaban J connectivity index is 1.76. The summed E-state index contributed by atoms with van der Waals surface area (Å²) in [5.74, 6) is 0.270. The smallest absolute Gasteiger partial charge is 0.267 e. The van der Waals surface area contributed by atoms with Crippen LogP contribution < -0.4 is 5.56 Å². The second-order valence-corrected chi connectivity index (χ2v) is 9.61. The van der Waals surface area contributed by atoms with E-state index in [1.165, 1.54) is 23.1 Å². The van der Waals surface area contributed by atoms with Gasteiger partial charge in [0.05, 0.1) is 16.8 Å². The van der Waals surface area contributed by atoms with Crippen LogP contribution in [0, 0.1) is 27.7 Å². The van der Waals surface area contributed by atoms with Gasteiger partial charge in [0.25, 0.3) is 5.56 Å². The number of thioether (sulfide) groups is 1. The van der Waals surface area contributed by atoms with E-state index in [-0.39, 0.29) is 17.1 Å². The Morgan fingerprint density at radius 2 is 1.70 bits per heavy atom. The van der Waals surface area contributed by atoms with E-state index in [0.29, 0.717) is 15.4 Å². The predicted molar refractivity (Wildman–Crippen MR) is 126 cm³/mol. The molecule has 152 valence electrons. The summed E-state index contributed by atoms with van der Waals surface area (Å²) in [5, 5.41) is 1.15. The number of rotatable bonds is 5. The standard InChI is InChI=1S/C24H22N2O2S2/c1-14-10-15(2)21(16(3)11-14)20(27)13-29-24-25-22-19(12-17(4)30-22)23(28)26(24)18-8-6-5-7-9-18/h5-12H,13H2,1-4H3. The number of Topliss-reactive ketones (excluding diaryl/α,β-unsaturated/α-hetero) is 1. The van der Waals surface area contributed by atoms with Crippen molar-refractivity contribution in [1.82, 2.24) is 9.55 Å². The van der Waals surface area contributed by atoms with Gasteiger partial charge in [-0.15, -0.1) is 11.3 Å². The lowest BCUT2D eigenvalue weighted by atomic mass is 9.97. The maximum Gasteiger partial charge on any atom is 0.267 e. The molecular weight excluding hydrogens is 412 g/mol. The van der Waals surface area contributed by atoms with Crippen LogP contribution in [0.25, 0.3) is 15.9 Å². The Morgan fingerprint density at radius 3 is 2.37 bits per heavy atom. The van der Waals surface area contributed by atoms with Gasteiger partial charge in [0.1, 0.15) is 4.83 Å². The van der Waals surface area contributed by atoms with Gasteiger partial charge in [-0.25, -0.2) is 4.98 Å². The zero-order valence-corrected chi connectivity index (χ0v) is 19.0. The molecule has 0 radical (unpaired) electrons. The molecule has 2 heterocycles. The fourth-order valence-electron chi connectivity index (χ4n) is 3.81. The van der Waals surface area contributed by atoms with Crippen LogP contribution >= 0.6 is 23.1 Å². The Bertz CT molecular complexity index is 1300. The highest BCUT2D eigenvalue weighted by Gasteiger charge is 2.18. The molecule has 0 saturated carbocycles. The van der Waals surface area contributed by atoms with Crippen LogP contribution in [0.5, 0.6) is 0 Å². The maximum atomic E-state index is 13.3. The molecular formula is C24H22N2O2S2. The molecule has 2 aromatic carbocycles. The second-order valence-electron chi connectivity index (χ2n) is 7.43. The zero-order valence-electron chi connectivity index (χ0n) is 17.4. The lowest BCUT2D eigenvalue weighted by molar-refractivity contribution is 0.102. The number of carbonyl (C=O) groups excluding carboxylic acids is 1. The third-order valence-corrected chi connectivity index (χ3v) is 6.84. The summed E-state index contributed by atoms with van der Waals surface area (Å²) in [7, 11) is 0. The number of para-hydroxylation sites is 1. The molecule has 4 rings (SSSR count). The van der Waals surface area contributed by atoms with Crippen molar-refractivity contribution in [3.05, 3.63) is 86.0 Å². The number of carbonyl (C=O) groups is 1. The van der Waals surface area contributed by atoms with Gasteiger partial charge in [-0.2, -0.15) is 0 Å². The first-order valence-corrected chi connectivity index (χ1v) is 11.5. The summed E-state index contributed by atoms with van der Waals surface area (Å²) in [6, 6.07) is 15.4. The molecule has 0 saturated heterocycles. The molecule has 0 amide bonds. The van der Waals surface area contributed by atoms with Gasteiger partial charge in [0.2, 0.25) is 0 Å². The van der Waals surface area contributed by atoms with Crippen LogP contribution in [-0.2, 0) is 0 Å². The minimum absolute atomic E-state index is 0.0475. The van der Waals surface area contributed by atoms with Gasteiger partial charge >= 0.3 is 0 Å². The number of nitrogens with zero attached hydrogens (tertiary/aromatic N) is 2. The summed E-state index contributed by atoms with van der Waals surface area (Å²) in [6.07, 6.45) is 0. The zero-order chi connectivity index (χ0) is 21.4. The fourth-order valence-corrected chi connectivity index (χ4v) is 5.61. The molecule has 30 heavy (non-hydrogen) atoms. The Morgan fingerprint density at radius 1 is 1.03 bits per heavy atom.